The van der Waals surface area contributed by atoms with Crippen LogP contribution in [0.2, 0.25) is 0 Å². The molecule has 2 rings (SSSR count). The van der Waals surface area contributed by atoms with E-state index in [0.717, 1.165) is 0 Å². The van der Waals surface area contributed by atoms with Gasteiger partial charge < -0.3 is 10.1 Å². The van der Waals surface area contributed by atoms with E-state index in [2.05, 4.69) is 19.2 Å². The molecular weight excluding hydrogens is 250 g/mol. The van der Waals surface area contributed by atoms with Gasteiger partial charge in [-0.15, -0.1) is 0 Å². The summed E-state index contributed by atoms with van der Waals surface area (Å²) in [5.74, 6) is 1.00. The van der Waals surface area contributed by atoms with Crippen LogP contribution >= 0.6 is 0 Å². The molecule has 0 fully saturated rings. The molecule has 0 unspecified atom stereocenters. The van der Waals surface area contributed by atoms with Crippen molar-refractivity contribution in [2.75, 3.05) is 11.9 Å². The fourth-order valence-electron chi connectivity index (χ4n) is 1.74. The molecule has 0 aliphatic carbocycles. The number of hydrogen-bond donors (Lipinski definition) is 1. The third-order valence-corrected chi connectivity index (χ3v) is 2.74. The summed E-state index contributed by atoms with van der Waals surface area (Å²) in [6.07, 6.45) is 0. The highest BCUT2D eigenvalue weighted by molar-refractivity contribution is 6.04. The number of benzene rings is 2. The van der Waals surface area contributed by atoms with Gasteiger partial charge in [0.2, 0.25) is 0 Å². The monoisotopic (exact) mass is 269 g/mol. The number of carbonyl (C=O) groups is 1. The molecule has 2 aromatic rings. The Morgan fingerprint density at radius 2 is 1.70 bits per heavy atom. The molecule has 3 nitrogen and oxygen atoms in total. The van der Waals surface area contributed by atoms with Gasteiger partial charge in [-0.25, -0.2) is 0 Å². The average Bonchev–Trinajstić information content (AvgIpc) is 2.47. The van der Waals surface area contributed by atoms with E-state index in [1.54, 1.807) is 12.1 Å². The fraction of sp³-hybridized carbons (Fsp3) is 0.235. The van der Waals surface area contributed by atoms with Crippen molar-refractivity contribution in [2.24, 2.45) is 5.92 Å². The molecule has 0 aliphatic heterocycles. The highest BCUT2D eigenvalue weighted by Gasteiger charge is 2.09. The smallest absolute Gasteiger partial charge is 0.255 e. The molecule has 0 saturated heterocycles. The highest BCUT2D eigenvalue weighted by Crippen LogP contribution is 2.24. The number of carbonyl (C=O) groups excluding carboxylic acids is 1. The van der Waals surface area contributed by atoms with E-state index >= 15 is 0 Å². The first-order chi connectivity index (χ1) is 9.66. The number of para-hydroxylation sites is 2. The Hall–Kier alpha value is -2.29. The molecule has 20 heavy (non-hydrogen) atoms. The Balaban J connectivity index is 2.11. The topological polar surface area (TPSA) is 38.3 Å². The lowest BCUT2D eigenvalue weighted by molar-refractivity contribution is 0.102. The van der Waals surface area contributed by atoms with Crippen molar-refractivity contribution in [1.82, 2.24) is 0 Å². The van der Waals surface area contributed by atoms with E-state index in [1.165, 1.54) is 0 Å². The predicted molar refractivity (Wildman–Crippen MR) is 81.2 cm³/mol. The maximum absolute atomic E-state index is 12.1. The van der Waals surface area contributed by atoms with E-state index < -0.39 is 0 Å². The van der Waals surface area contributed by atoms with Crippen molar-refractivity contribution < 1.29 is 9.53 Å². The third kappa shape index (κ3) is 3.85. The highest BCUT2D eigenvalue weighted by atomic mass is 16.5. The number of ether oxygens (including phenoxy) is 1. The zero-order valence-corrected chi connectivity index (χ0v) is 11.8. The van der Waals surface area contributed by atoms with Crippen molar-refractivity contribution in [1.29, 1.82) is 0 Å². The number of anilines is 1. The SMILES string of the molecule is CC(C)COc1ccccc1NC(=O)c1ccccc1. The lowest BCUT2D eigenvalue weighted by Gasteiger charge is -2.13. The fourth-order valence-corrected chi connectivity index (χ4v) is 1.74. The molecule has 0 radical (unpaired) electrons. The van der Waals surface area contributed by atoms with Gasteiger partial charge in [0.15, 0.2) is 0 Å². The minimum absolute atomic E-state index is 0.133. The summed E-state index contributed by atoms with van der Waals surface area (Å²) in [6.45, 7) is 4.80. The van der Waals surface area contributed by atoms with Crippen molar-refractivity contribution in [3.8, 4) is 5.75 Å². The van der Waals surface area contributed by atoms with Gasteiger partial charge in [0.25, 0.3) is 5.91 Å². The Bertz CT molecular complexity index is 564. The lowest BCUT2D eigenvalue weighted by Crippen LogP contribution is -2.13. The molecule has 0 spiro atoms. The Labute approximate surface area is 119 Å². The number of hydrogen-bond acceptors (Lipinski definition) is 2. The van der Waals surface area contributed by atoms with Crippen LogP contribution in [0.4, 0.5) is 5.69 Å². The molecule has 0 heterocycles. The summed E-state index contributed by atoms with van der Waals surface area (Å²) in [5.41, 5.74) is 1.33. The molecule has 2 aromatic carbocycles. The minimum Gasteiger partial charge on any atom is -0.491 e. The zero-order valence-electron chi connectivity index (χ0n) is 11.8. The molecule has 0 bridgehead atoms. The quantitative estimate of drug-likeness (QED) is 0.891. The van der Waals surface area contributed by atoms with E-state index in [-0.39, 0.29) is 5.91 Å². The van der Waals surface area contributed by atoms with E-state index in [1.807, 2.05) is 42.5 Å². The summed E-state index contributed by atoms with van der Waals surface area (Å²) >= 11 is 0. The van der Waals surface area contributed by atoms with Crippen LogP contribution in [0.25, 0.3) is 0 Å². The van der Waals surface area contributed by atoms with Gasteiger partial charge in [0, 0.05) is 5.56 Å². The average molecular weight is 269 g/mol. The molecule has 0 aromatic heterocycles. The molecule has 0 atom stereocenters. The van der Waals surface area contributed by atoms with Gasteiger partial charge >= 0.3 is 0 Å². The van der Waals surface area contributed by atoms with Crippen LogP contribution < -0.4 is 10.1 Å². The number of rotatable bonds is 5. The second-order valence-corrected chi connectivity index (χ2v) is 5.02. The molecule has 1 N–H and O–H groups in total. The van der Waals surface area contributed by atoms with E-state index in [4.69, 9.17) is 4.74 Å². The molecule has 3 heteroatoms. The second kappa shape index (κ2) is 6.75. The summed E-state index contributed by atoms with van der Waals surface area (Å²) in [5, 5.41) is 2.89. The normalized spacial score (nSPS) is 10.3. The zero-order chi connectivity index (χ0) is 14.4. The molecule has 104 valence electrons. The Kier molecular flexibility index (Phi) is 4.77. The van der Waals surface area contributed by atoms with E-state index in [9.17, 15) is 4.79 Å². The van der Waals surface area contributed by atoms with Gasteiger partial charge in [-0.2, -0.15) is 0 Å². The van der Waals surface area contributed by atoms with Crippen molar-refractivity contribution in [3.63, 3.8) is 0 Å². The number of nitrogens with one attached hydrogen (secondary N) is 1. The van der Waals surface area contributed by atoms with Gasteiger partial charge in [0.05, 0.1) is 12.3 Å². The Morgan fingerprint density at radius 3 is 2.40 bits per heavy atom. The molecule has 0 saturated carbocycles. The van der Waals surface area contributed by atoms with Crippen LogP contribution in [0.15, 0.2) is 54.6 Å². The van der Waals surface area contributed by atoms with Crippen LogP contribution in [0.5, 0.6) is 5.75 Å². The largest absolute Gasteiger partial charge is 0.491 e. The standard InChI is InChI=1S/C17H19NO2/c1-13(2)12-20-16-11-7-6-10-15(16)18-17(19)14-8-4-3-5-9-14/h3-11,13H,12H2,1-2H3,(H,18,19). The lowest BCUT2D eigenvalue weighted by atomic mass is 10.2. The summed E-state index contributed by atoms with van der Waals surface area (Å²) in [7, 11) is 0. The first-order valence-electron chi connectivity index (χ1n) is 6.75. The summed E-state index contributed by atoms with van der Waals surface area (Å²) < 4.78 is 5.72. The van der Waals surface area contributed by atoms with Gasteiger partial charge in [0.1, 0.15) is 5.75 Å². The van der Waals surface area contributed by atoms with Gasteiger partial charge in [-0.3, -0.25) is 4.79 Å². The summed E-state index contributed by atoms with van der Waals surface area (Å²) in [6, 6.07) is 16.6. The van der Waals surface area contributed by atoms with Crippen LogP contribution in [-0.4, -0.2) is 12.5 Å². The predicted octanol–water partition coefficient (Wildman–Crippen LogP) is 3.97. The third-order valence-electron chi connectivity index (χ3n) is 2.74. The number of amides is 1. The van der Waals surface area contributed by atoms with Crippen molar-refractivity contribution >= 4 is 11.6 Å². The summed E-state index contributed by atoms with van der Waals surface area (Å²) in [4.78, 5) is 12.1. The van der Waals surface area contributed by atoms with Gasteiger partial charge in [-0.1, -0.05) is 44.2 Å². The maximum Gasteiger partial charge on any atom is 0.255 e. The van der Waals surface area contributed by atoms with Crippen molar-refractivity contribution in [3.05, 3.63) is 60.2 Å². The van der Waals surface area contributed by atoms with Crippen LogP contribution in [-0.2, 0) is 0 Å². The minimum atomic E-state index is -0.133. The van der Waals surface area contributed by atoms with Gasteiger partial charge in [-0.05, 0) is 30.2 Å². The maximum atomic E-state index is 12.1. The van der Waals surface area contributed by atoms with Crippen LogP contribution in [0.1, 0.15) is 24.2 Å². The molecule has 0 aliphatic rings. The van der Waals surface area contributed by atoms with Crippen molar-refractivity contribution in [2.45, 2.75) is 13.8 Å². The first-order valence-corrected chi connectivity index (χ1v) is 6.75. The molecular formula is C17H19NO2. The van der Waals surface area contributed by atoms with Crippen LogP contribution in [0, 0.1) is 5.92 Å². The second-order valence-electron chi connectivity index (χ2n) is 5.02. The Morgan fingerprint density at radius 1 is 1.05 bits per heavy atom. The van der Waals surface area contributed by atoms with E-state index in [0.29, 0.717) is 29.5 Å². The molecule has 1 amide bonds. The van der Waals surface area contributed by atoms with Crippen LogP contribution in [0.3, 0.4) is 0 Å². The first kappa shape index (κ1) is 14.1.